The van der Waals surface area contributed by atoms with Crippen molar-refractivity contribution in [3.63, 3.8) is 0 Å². The lowest BCUT2D eigenvalue weighted by atomic mass is 9.63. The maximum absolute atomic E-state index is 2.68. The fourth-order valence-corrected chi connectivity index (χ4v) is 13.7. The Morgan fingerprint density at radius 3 is 1.47 bits per heavy atom. The fourth-order valence-electron chi connectivity index (χ4n) is 13.7. The van der Waals surface area contributed by atoms with Crippen LogP contribution >= 0.6 is 0 Å². The van der Waals surface area contributed by atoms with Crippen molar-refractivity contribution in [3.05, 3.63) is 219 Å². The van der Waals surface area contributed by atoms with Crippen LogP contribution in [0.1, 0.15) is 128 Å². The Hall–Kier alpha value is -6.44. The molecule has 0 fully saturated rings. The Bertz CT molecular complexity index is 3320. The van der Waals surface area contributed by atoms with Crippen molar-refractivity contribution >= 4 is 17.1 Å². The van der Waals surface area contributed by atoms with Gasteiger partial charge in [0.05, 0.1) is 11.1 Å². The molecule has 1 nitrogen and oxygen atoms in total. The van der Waals surface area contributed by atoms with Crippen molar-refractivity contribution in [2.75, 3.05) is 4.90 Å². The number of anilines is 3. The zero-order valence-electron chi connectivity index (χ0n) is 39.7. The molecule has 0 aromatic heterocycles. The minimum atomic E-state index is -0.466. The summed E-state index contributed by atoms with van der Waals surface area (Å²) in [5.74, 6) is 0. The third-order valence-corrected chi connectivity index (χ3v) is 17.3. The molecule has 324 valence electrons. The summed E-state index contributed by atoms with van der Waals surface area (Å²) in [5.41, 5.74) is 29.6. The van der Waals surface area contributed by atoms with Crippen LogP contribution in [0.2, 0.25) is 0 Å². The van der Waals surface area contributed by atoms with Gasteiger partial charge in [-0.2, -0.15) is 0 Å². The summed E-state index contributed by atoms with van der Waals surface area (Å²) >= 11 is 0. The predicted molar refractivity (Wildman–Crippen MR) is 277 cm³/mol. The molecule has 8 aromatic rings. The van der Waals surface area contributed by atoms with E-state index in [1.807, 2.05) is 0 Å². The molecular formula is C65H59N. The zero-order valence-corrected chi connectivity index (χ0v) is 39.7. The normalized spacial score (nSPS) is 17.7. The van der Waals surface area contributed by atoms with Gasteiger partial charge in [-0.1, -0.05) is 163 Å². The van der Waals surface area contributed by atoms with E-state index in [9.17, 15) is 0 Å². The molecule has 0 aliphatic heterocycles. The van der Waals surface area contributed by atoms with Gasteiger partial charge in [0.15, 0.2) is 0 Å². The average Bonchev–Trinajstić information content (AvgIpc) is 3.88. The van der Waals surface area contributed by atoms with Crippen molar-refractivity contribution in [3.8, 4) is 44.5 Å². The summed E-state index contributed by atoms with van der Waals surface area (Å²) in [6.45, 7) is 17.0. The van der Waals surface area contributed by atoms with E-state index >= 15 is 0 Å². The van der Waals surface area contributed by atoms with E-state index in [0.29, 0.717) is 0 Å². The lowest BCUT2D eigenvalue weighted by molar-refractivity contribution is 0.332. The van der Waals surface area contributed by atoms with Crippen LogP contribution in [0.25, 0.3) is 44.5 Å². The van der Waals surface area contributed by atoms with Gasteiger partial charge in [0.25, 0.3) is 0 Å². The molecule has 0 saturated carbocycles. The zero-order chi connectivity index (χ0) is 44.9. The maximum atomic E-state index is 2.68. The van der Waals surface area contributed by atoms with Gasteiger partial charge in [-0.05, 0) is 193 Å². The topological polar surface area (TPSA) is 3.24 Å². The number of aryl methyl sites for hydroxylation is 3. The number of rotatable bonds is 4. The summed E-state index contributed by atoms with van der Waals surface area (Å²) in [5, 5.41) is 0. The van der Waals surface area contributed by atoms with E-state index in [2.05, 4.69) is 211 Å². The minimum Gasteiger partial charge on any atom is -0.310 e. The highest BCUT2D eigenvalue weighted by Gasteiger charge is 2.52. The number of hydrogen-bond acceptors (Lipinski definition) is 1. The van der Waals surface area contributed by atoms with E-state index in [1.54, 1.807) is 0 Å². The molecule has 0 unspecified atom stereocenters. The Labute approximate surface area is 392 Å². The summed E-state index contributed by atoms with van der Waals surface area (Å²) in [6.07, 6.45) is 7.19. The maximum Gasteiger partial charge on any atom is 0.0726 e. The fraction of sp³-hybridized carbons (Fsp3) is 0.262. The second kappa shape index (κ2) is 13.8. The highest BCUT2D eigenvalue weighted by molar-refractivity contribution is 6.01. The molecule has 0 atom stereocenters. The summed E-state index contributed by atoms with van der Waals surface area (Å²) < 4.78 is 0. The molecule has 0 saturated heterocycles. The van der Waals surface area contributed by atoms with E-state index in [-0.39, 0.29) is 16.2 Å². The predicted octanol–water partition coefficient (Wildman–Crippen LogP) is 17.0. The molecule has 8 aromatic carbocycles. The first-order valence-corrected chi connectivity index (χ1v) is 24.7. The summed E-state index contributed by atoms with van der Waals surface area (Å²) in [6, 6.07) is 62.2. The van der Waals surface area contributed by atoms with Crippen LogP contribution in [-0.2, 0) is 34.5 Å². The van der Waals surface area contributed by atoms with Crippen LogP contribution in [0.5, 0.6) is 0 Å². The highest BCUT2D eigenvalue weighted by Crippen LogP contribution is 2.65. The van der Waals surface area contributed by atoms with E-state index in [4.69, 9.17) is 0 Å². The lowest BCUT2D eigenvalue weighted by Crippen LogP contribution is -2.34. The molecule has 0 radical (unpaired) electrons. The average molecular weight is 854 g/mol. The van der Waals surface area contributed by atoms with Gasteiger partial charge in [0, 0.05) is 22.4 Å². The SMILES string of the molecule is Cc1cc2c(cc1-c1cc3c(cc1N(c1ccc4c(c1)C(C)(C)CCC4(C)C)c1ccc4c(c1)C(C)(C)c1ccccc1-4)C1(c4ccccc4-c4ccccc41)c1ccccc1-3)CCCC2. The molecule has 5 aliphatic carbocycles. The van der Waals surface area contributed by atoms with Crippen LogP contribution in [0.15, 0.2) is 158 Å². The standard InChI is InChI=1S/C65H59N/c1-40-34-41-18-8-9-19-42(41)35-50(40)52-38-51-48-23-13-17-27-56(48)65(54-25-15-11-21-46(54)47-22-12-16-26-55(47)65)59(51)39-61(52)66(44-29-31-57-60(37-44)63(4,5)33-32-62(57,2)3)43-28-30-49-45-20-10-14-24-53(45)64(6,7)58(49)36-43/h10-17,20-31,34-39H,8-9,18-19,32-33H2,1-7H3. The van der Waals surface area contributed by atoms with Gasteiger partial charge in [0.2, 0.25) is 0 Å². The van der Waals surface area contributed by atoms with Gasteiger partial charge < -0.3 is 4.90 Å². The molecule has 66 heavy (non-hydrogen) atoms. The van der Waals surface area contributed by atoms with Crippen molar-refractivity contribution in [2.45, 2.75) is 109 Å². The van der Waals surface area contributed by atoms with Crippen LogP contribution < -0.4 is 4.90 Å². The second-order valence-corrected chi connectivity index (χ2v) is 22.2. The molecule has 0 amide bonds. The smallest absolute Gasteiger partial charge is 0.0726 e. The van der Waals surface area contributed by atoms with Crippen molar-refractivity contribution in [1.82, 2.24) is 0 Å². The van der Waals surface area contributed by atoms with E-state index in [1.165, 1.54) is 155 Å². The molecule has 0 heterocycles. The Kier molecular flexibility index (Phi) is 8.34. The number of fused-ring (bicyclic) bond motifs is 15. The van der Waals surface area contributed by atoms with E-state index < -0.39 is 5.41 Å². The van der Waals surface area contributed by atoms with Crippen molar-refractivity contribution in [1.29, 1.82) is 0 Å². The number of benzene rings is 8. The quantitative estimate of drug-likeness (QED) is 0.170. The second-order valence-electron chi connectivity index (χ2n) is 22.2. The third kappa shape index (κ3) is 5.35. The molecule has 5 aliphatic rings. The van der Waals surface area contributed by atoms with Crippen LogP contribution in [0.4, 0.5) is 17.1 Å². The minimum absolute atomic E-state index is 0.0485. The Balaban J connectivity index is 1.16. The van der Waals surface area contributed by atoms with Gasteiger partial charge in [-0.3, -0.25) is 0 Å². The van der Waals surface area contributed by atoms with Gasteiger partial charge in [-0.25, -0.2) is 0 Å². The van der Waals surface area contributed by atoms with Gasteiger partial charge in [0.1, 0.15) is 0 Å². The third-order valence-electron chi connectivity index (χ3n) is 17.3. The number of hydrogen-bond donors (Lipinski definition) is 0. The lowest BCUT2D eigenvalue weighted by Gasteiger charge is -2.42. The first-order valence-electron chi connectivity index (χ1n) is 24.7. The van der Waals surface area contributed by atoms with Crippen LogP contribution in [-0.4, -0.2) is 0 Å². The molecule has 1 heteroatoms. The first-order chi connectivity index (χ1) is 31.9. The molecule has 0 N–H and O–H groups in total. The molecular weight excluding hydrogens is 795 g/mol. The largest absolute Gasteiger partial charge is 0.310 e. The Morgan fingerprint density at radius 2 is 0.848 bits per heavy atom. The highest BCUT2D eigenvalue weighted by atomic mass is 15.1. The van der Waals surface area contributed by atoms with Gasteiger partial charge >= 0.3 is 0 Å². The molecule has 1 spiro atoms. The molecule has 13 rings (SSSR count). The van der Waals surface area contributed by atoms with E-state index in [0.717, 1.165) is 6.42 Å². The van der Waals surface area contributed by atoms with Gasteiger partial charge in [-0.15, -0.1) is 0 Å². The van der Waals surface area contributed by atoms with Crippen molar-refractivity contribution < 1.29 is 0 Å². The Morgan fingerprint density at radius 1 is 0.364 bits per heavy atom. The van der Waals surface area contributed by atoms with Crippen LogP contribution in [0.3, 0.4) is 0 Å². The van der Waals surface area contributed by atoms with Crippen molar-refractivity contribution in [2.24, 2.45) is 0 Å². The molecule has 0 bridgehead atoms. The first kappa shape index (κ1) is 39.9. The monoisotopic (exact) mass is 853 g/mol. The van der Waals surface area contributed by atoms with Crippen LogP contribution in [0, 0.1) is 6.92 Å². The summed E-state index contributed by atoms with van der Waals surface area (Å²) in [7, 11) is 0. The number of nitrogens with zero attached hydrogens (tertiary/aromatic N) is 1. The summed E-state index contributed by atoms with van der Waals surface area (Å²) in [4.78, 5) is 2.68.